The van der Waals surface area contributed by atoms with Crippen LogP contribution in [0.4, 0.5) is 5.69 Å². The van der Waals surface area contributed by atoms with Gasteiger partial charge in [0.05, 0.1) is 33.4 Å². The number of rotatable bonds is 11. The molecule has 0 saturated heterocycles. The third-order valence-electron chi connectivity index (χ3n) is 10.3. The normalized spacial score (nSPS) is 16.8. The van der Waals surface area contributed by atoms with E-state index < -0.39 is 24.2 Å². The molecule has 0 bridgehead atoms. The van der Waals surface area contributed by atoms with Crippen LogP contribution in [-0.2, 0) is 40.4 Å². The molecule has 7 rings (SSSR count). The monoisotopic (exact) mass is 788 g/mol. The second kappa shape index (κ2) is 16.5. The summed E-state index contributed by atoms with van der Waals surface area (Å²) in [5, 5.41) is 22.9. The second-order valence-corrected chi connectivity index (χ2v) is 14.7. The Hall–Kier alpha value is -5.86. The lowest BCUT2D eigenvalue weighted by atomic mass is 9.91. The van der Waals surface area contributed by atoms with Gasteiger partial charge in [-0.2, -0.15) is 5.26 Å². The molecule has 0 spiro atoms. The van der Waals surface area contributed by atoms with Crippen LogP contribution in [0.3, 0.4) is 0 Å². The zero-order chi connectivity index (χ0) is 39.5. The van der Waals surface area contributed by atoms with E-state index in [2.05, 4.69) is 11.4 Å². The maximum absolute atomic E-state index is 13.8. The maximum Gasteiger partial charge on any atom is 0.326 e. The van der Waals surface area contributed by atoms with E-state index in [1.165, 1.54) is 0 Å². The van der Waals surface area contributed by atoms with Crippen LogP contribution in [0.1, 0.15) is 46.4 Å². The number of nitriles is 1. The molecule has 2 heterocycles. The Balaban J connectivity index is 1.02. The minimum Gasteiger partial charge on any atom is -0.489 e. The number of amides is 2. The maximum atomic E-state index is 13.8. The van der Waals surface area contributed by atoms with Crippen molar-refractivity contribution in [2.45, 2.75) is 51.1 Å². The number of carbonyl (C=O) groups is 3. The van der Waals surface area contributed by atoms with Crippen molar-refractivity contribution in [2.75, 3.05) is 18.5 Å². The molecule has 5 aromatic rings. The van der Waals surface area contributed by atoms with Gasteiger partial charge >= 0.3 is 5.97 Å². The third kappa shape index (κ3) is 8.21. The summed E-state index contributed by atoms with van der Waals surface area (Å²) < 4.78 is 12.3. The van der Waals surface area contributed by atoms with Gasteiger partial charge in [-0.1, -0.05) is 84.7 Å². The fourth-order valence-corrected chi connectivity index (χ4v) is 7.42. The first-order valence-corrected chi connectivity index (χ1v) is 18.9. The summed E-state index contributed by atoms with van der Waals surface area (Å²) in [5.74, 6) is -0.557. The van der Waals surface area contributed by atoms with E-state index in [-0.39, 0.29) is 18.2 Å². The fraction of sp³-hybridized carbons (Fsp3) is 0.227. The minimum absolute atomic E-state index is 0.109. The molecular formula is C44H38Cl2N4O6. The van der Waals surface area contributed by atoms with E-state index in [4.69, 9.17) is 37.9 Å². The number of carboxylic acid groups (broad SMARTS) is 1. The Morgan fingerprint density at radius 2 is 1.61 bits per heavy atom. The summed E-state index contributed by atoms with van der Waals surface area (Å²) in [7, 11) is 1.71. The highest BCUT2D eigenvalue weighted by Crippen LogP contribution is 2.42. The molecule has 0 radical (unpaired) electrons. The van der Waals surface area contributed by atoms with Gasteiger partial charge in [0.15, 0.2) is 0 Å². The van der Waals surface area contributed by atoms with Gasteiger partial charge in [0.1, 0.15) is 24.1 Å². The number of nitrogens with zero attached hydrogens (tertiary/aromatic N) is 3. The van der Waals surface area contributed by atoms with Crippen molar-refractivity contribution in [3.63, 3.8) is 0 Å². The molecule has 0 fully saturated rings. The molecule has 2 N–H and O–H groups in total. The first kappa shape index (κ1) is 38.4. The van der Waals surface area contributed by atoms with Crippen molar-refractivity contribution < 1.29 is 29.0 Å². The van der Waals surface area contributed by atoms with Gasteiger partial charge in [0, 0.05) is 25.6 Å². The molecule has 284 valence electrons. The minimum atomic E-state index is -1.14. The van der Waals surface area contributed by atoms with Crippen LogP contribution in [-0.4, -0.2) is 53.5 Å². The molecule has 2 aliphatic rings. The lowest BCUT2D eigenvalue weighted by Gasteiger charge is -2.38. The summed E-state index contributed by atoms with van der Waals surface area (Å²) in [6.45, 7) is 3.27. The highest BCUT2D eigenvalue weighted by atomic mass is 35.5. The van der Waals surface area contributed by atoms with Gasteiger partial charge in [0.25, 0.3) is 5.91 Å². The van der Waals surface area contributed by atoms with E-state index >= 15 is 0 Å². The number of hydrogen-bond acceptors (Lipinski definition) is 7. The van der Waals surface area contributed by atoms with E-state index in [1.807, 2.05) is 78.6 Å². The number of aliphatic carboxylic acids is 1. The molecule has 0 aromatic heterocycles. The van der Waals surface area contributed by atoms with Crippen molar-refractivity contribution in [2.24, 2.45) is 0 Å². The van der Waals surface area contributed by atoms with E-state index in [1.54, 1.807) is 48.3 Å². The number of fused-ring (bicyclic) bond motifs is 2. The molecule has 10 nitrogen and oxygen atoms in total. The zero-order valence-corrected chi connectivity index (χ0v) is 32.2. The zero-order valence-electron chi connectivity index (χ0n) is 30.7. The standard InChI is InChI=1S/C44H38Cl2N4O6/c1-3-50-24-33-22-40-38(49(2)43(52)41(56-40)31-13-15-34(16-14-31)55-25-28-8-17-35(45)36(46)18-28)20-32(33)21-39(50)42(51)48-37(44(53)54)19-26-4-9-29(10-5-26)30-11-6-27(23-47)7-12-30/h4-18,20,22,37,39,41H,3,19,21,24-25H2,1-2H3,(H,48,51)(H,53,54)/t37-,39?,41?/m0/s1. The van der Waals surface area contributed by atoms with Crippen LogP contribution >= 0.6 is 23.2 Å². The lowest BCUT2D eigenvalue weighted by molar-refractivity contribution is -0.142. The van der Waals surface area contributed by atoms with Crippen LogP contribution in [0.5, 0.6) is 11.5 Å². The van der Waals surface area contributed by atoms with Gasteiger partial charge in [-0.15, -0.1) is 0 Å². The predicted octanol–water partition coefficient (Wildman–Crippen LogP) is 7.77. The van der Waals surface area contributed by atoms with E-state index in [0.29, 0.717) is 64.5 Å². The number of halogens is 2. The van der Waals surface area contributed by atoms with Gasteiger partial charge in [-0.25, -0.2) is 4.79 Å². The highest BCUT2D eigenvalue weighted by molar-refractivity contribution is 6.42. The average molecular weight is 790 g/mol. The van der Waals surface area contributed by atoms with Gasteiger partial charge in [-0.3, -0.25) is 14.5 Å². The predicted molar refractivity (Wildman–Crippen MR) is 214 cm³/mol. The van der Waals surface area contributed by atoms with Crippen LogP contribution in [0.2, 0.25) is 10.0 Å². The summed E-state index contributed by atoms with van der Waals surface area (Å²) in [5.41, 5.74) is 7.21. The molecule has 0 aliphatic carbocycles. The molecule has 2 unspecified atom stereocenters. The number of carboxylic acids is 1. The Kier molecular flexibility index (Phi) is 11.3. The lowest BCUT2D eigenvalue weighted by Crippen LogP contribution is -2.54. The number of benzene rings is 5. The van der Waals surface area contributed by atoms with Gasteiger partial charge < -0.3 is 24.8 Å². The summed E-state index contributed by atoms with van der Waals surface area (Å²) in [6, 6.07) is 31.5. The van der Waals surface area contributed by atoms with Crippen molar-refractivity contribution in [3.8, 4) is 28.7 Å². The second-order valence-electron chi connectivity index (χ2n) is 13.9. The number of ether oxygens (including phenoxy) is 2. The highest BCUT2D eigenvalue weighted by Gasteiger charge is 2.38. The Labute approximate surface area is 334 Å². The molecule has 56 heavy (non-hydrogen) atoms. The van der Waals surface area contributed by atoms with Crippen LogP contribution < -0.4 is 19.7 Å². The molecule has 3 atom stereocenters. The average Bonchev–Trinajstić information content (AvgIpc) is 3.21. The number of carbonyl (C=O) groups excluding carboxylic acids is 2. The molecule has 2 amide bonds. The number of anilines is 1. The first-order valence-electron chi connectivity index (χ1n) is 18.1. The summed E-state index contributed by atoms with van der Waals surface area (Å²) in [4.78, 5) is 43.4. The topological polar surface area (TPSA) is 132 Å². The Bertz CT molecular complexity index is 2330. The molecule has 5 aromatic carbocycles. The van der Waals surface area contributed by atoms with Gasteiger partial charge in [0.2, 0.25) is 12.0 Å². The van der Waals surface area contributed by atoms with E-state index in [9.17, 15) is 19.5 Å². The van der Waals surface area contributed by atoms with Crippen molar-refractivity contribution in [3.05, 3.63) is 147 Å². The number of likely N-dealkylation sites (N-methyl/N-ethyl adjacent to an activating group) is 2. The van der Waals surface area contributed by atoms with Crippen LogP contribution in [0, 0.1) is 11.3 Å². The largest absolute Gasteiger partial charge is 0.489 e. The molecule has 12 heteroatoms. The van der Waals surface area contributed by atoms with Crippen molar-refractivity contribution in [1.82, 2.24) is 10.2 Å². The van der Waals surface area contributed by atoms with Gasteiger partial charge in [-0.05, 0) is 94.9 Å². The Morgan fingerprint density at radius 3 is 2.25 bits per heavy atom. The third-order valence-corrected chi connectivity index (χ3v) is 11.0. The quantitative estimate of drug-likeness (QED) is 0.139. The van der Waals surface area contributed by atoms with Crippen molar-refractivity contribution in [1.29, 1.82) is 5.26 Å². The SMILES string of the molecule is CCN1Cc2cc3c(cc2CC1C(=O)N[C@@H](Cc1ccc(-c2ccc(C#N)cc2)cc1)C(=O)O)N(C)C(=O)C(c1ccc(OCc2ccc(Cl)c(Cl)c2)cc1)O3. The number of hydrogen-bond donors (Lipinski definition) is 2. The van der Waals surface area contributed by atoms with Crippen LogP contribution in [0.15, 0.2) is 103 Å². The molecule has 0 saturated carbocycles. The first-order chi connectivity index (χ1) is 27.0. The van der Waals surface area contributed by atoms with Crippen LogP contribution in [0.25, 0.3) is 11.1 Å². The molecular weight excluding hydrogens is 751 g/mol. The number of nitrogens with one attached hydrogen (secondary N) is 1. The van der Waals surface area contributed by atoms with Crippen molar-refractivity contribution >= 4 is 46.7 Å². The Morgan fingerprint density at radius 1 is 0.929 bits per heavy atom. The molecule has 2 aliphatic heterocycles. The smallest absolute Gasteiger partial charge is 0.326 e. The van der Waals surface area contributed by atoms with E-state index in [0.717, 1.165) is 33.4 Å². The fourth-order valence-electron chi connectivity index (χ4n) is 7.10. The summed E-state index contributed by atoms with van der Waals surface area (Å²) >= 11 is 12.1. The summed E-state index contributed by atoms with van der Waals surface area (Å²) in [6.07, 6.45) is -0.417.